The van der Waals surface area contributed by atoms with Gasteiger partial charge in [0.05, 0.1) is 12.8 Å². The van der Waals surface area contributed by atoms with Crippen molar-refractivity contribution in [3.05, 3.63) is 52.2 Å². The molecule has 6 nitrogen and oxygen atoms in total. The number of likely N-dealkylation sites (tertiary alicyclic amines) is 1. The van der Waals surface area contributed by atoms with Crippen LogP contribution in [-0.2, 0) is 6.61 Å². The fraction of sp³-hybridized carbons (Fsp3) is 0.444. The quantitative estimate of drug-likeness (QED) is 0.910. The number of aromatic nitrogens is 2. The zero-order valence-electron chi connectivity index (χ0n) is 14.1. The number of hydrogen-bond acceptors (Lipinski definition) is 5. The third-order valence-electron chi connectivity index (χ3n) is 4.29. The van der Waals surface area contributed by atoms with E-state index in [1.54, 1.807) is 13.2 Å². The second-order valence-corrected chi connectivity index (χ2v) is 6.18. The van der Waals surface area contributed by atoms with Gasteiger partial charge in [-0.05, 0) is 50.7 Å². The molecule has 1 N–H and O–H groups in total. The Balaban J connectivity index is 1.70. The van der Waals surface area contributed by atoms with Crippen LogP contribution in [0.3, 0.4) is 0 Å². The largest absolute Gasteiger partial charge is 0.497 e. The average molecular weight is 329 g/mol. The Hall–Kier alpha value is -2.34. The van der Waals surface area contributed by atoms with Gasteiger partial charge in [-0.25, -0.2) is 4.98 Å². The molecular formula is C18H23N3O3. The molecule has 6 heteroatoms. The molecule has 1 atom stereocenters. The first-order chi connectivity index (χ1) is 11.6. The molecule has 0 bridgehead atoms. The molecule has 1 aromatic carbocycles. The predicted octanol–water partition coefficient (Wildman–Crippen LogP) is 2.17. The SMILES string of the molecule is COc1ccc(OCc2nc(C3CCCN(C)C3)cc(=O)[nH]2)cc1. The van der Waals surface area contributed by atoms with Crippen molar-refractivity contribution in [2.45, 2.75) is 25.4 Å². The maximum absolute atomic E-state index is 11.9. The van der Waals surface area contributed by atoms with Crippen LogP contribution in [0.5, 0.6) is 11.5 Å². The molecule has 1 saturated heterocycles. The minimum atomic E-state index is -0.124. The highest BCUT2D eigenvalue weighted by atomic mass is 16.5. The van der Waals surface area contributed by atoms with E-state index < -0.39 is 0 Å². The fourth-order valence-corrected chi connectivity index (χ4v) is 3.04. The standard InChI is InChI=1S/C18H23N3O3/c1-21-9-3-4-13(11-21)16-10-18(22)20-17(19-16)12-24-15-7-5-14(23-2)6-8-15/h5-8,10,13H,3-4,9,11-12H2,1-2H3,(H,19,20,22). The average Bonchev–Trinajstić information content (AvgIpc) is 2.60. The maximum Gasteiger partial charge on any atom is 0.251 e. The summed E-state index contributed by atoms with van der Waals surface area (Å²) < 4.78 is 10.8. The molecule has 128 valence electrons. The van der Waals surface area contributed by atoms with E-state index in [1.165, 1.54) is 0 Å². The van der Waals surface area contributed by atoms with Gasteiger partial charge in [0.15, 0.2) is 0 Å². The minimum absolute atomic E-state index is 0.124. The molecule has 0 radical (unpaired) electrons. The fourth-order valence-electron chi connectivity index (χ4n) is 3.04. The summed E-state index contributed by atoms with van der Waals surface area (Å²) in [6, 6.07) is 8.94. The van der Waals surface area contributed by atoms with E-state index in [4.69, 9.17) is 9.47 Å². The van der Waals surface area contributed by atoms with Crippen molar-refractivity contribution in [1.82, 2.24) is 14.9 Å². The Labute approximate surface area is 141 Å². The highest BCUT2D eigenvalue weighted by molar-refractivity contribution is 5.31. The van der Waals surface area contributed by atoms with Gasteiger partial charge < -0.3 is 19.4 Å². The Bertz CT molecular complexity index is 727. The van der Waals surface area contributed by atoms with Crippen LogP contribution in [0.1, 0.15) is 30.3 Å². The number of likely N-dealkylation sites (N-methyl/N-ethyl adjacent to an activating group) is 1. The van der Waals surface area contributed by atoms with Crippen LogP contribution in [0.4, 0.5) is 0 Å². The molecule has 3 rings (SSSR count). The highest BCUT2D eigenvalue weighted by Crippen LogP contribution is 2.24. The van der Waals surface area contributed by atoms with Crippen LogP contribution in [0.2, 0.25) is 0 Å². The number of hydrogen-bond donors (Lipinski definition) is 1. The van der Waals surface area contributed by atoms with Gasteiger partial charge in [0.2, 0.25) is 0 Å². The van der Waals surface area contributed by atoms with Gasteiger partial charge in [-0.2, -0.15) is 0 Å². The van der Waals surface area contributed by atoms with Crippen LogP contribution >= 0.6 is 0 Å². The van der Waals surface area contributed by atoms with Gasteiger partial charge in [0.1, 0.15) is 23.9 Å². The number of ether oxygens (including phenoxy) is 2. The summed E-state index contributed by atoms with van der Waals surface area (Å²) in [7, 11) is 3.73. The van der Waals surface area contributed by atoms with Gasteiger partial charge >= 0.3 is 0 Å². The Kier molecular flexibility index (Phi) is 5.15. The molecule has 2 heterocycles. The lowest BCUT2D eigenvalue weighted by Crippen LogP contribution is -2.32. The first-order valence-corrected chi connectivity index (χ1v) is 8.19. The van der Waals surface area contributed by atoms with Gasteiger partial charge in [-0.1, -0.05) is 0 Å². The highest BCUT2D eigenvalue weighted by Gasteiger charge is 2.21. The van der Waals surface area contributed by atoms with E-state index in [1.807, 2.05) is 24.3 Å². The molecule has 0 amide bonds. The lowest BCUT2D eigenvalue weighted by Gasteiger charge is -2.29. The molecular weight excluding hydrogens is 306 g/mol. The molecule has 1 unspecified atom stereocenters. The maximum atomic E-state index is 11.9. The zero-order chi connectivity index (χ0) is 16.9. The predicted molar refractivity (Wildman–Crippen MR) is 91.7 cm³/mol. The molecule has 0 spiro atoms. The number of nitrogens with one attached hydrogen (secondary N) is 1. The van der Waals surface area contributed by atoms with E-state index >= 15 is 0 Å². The van der Waals surface area contributed by atoms with E-state index in [9.17, 15) is 4.79 Å². The summed E-state index contributed by atoms with van der Waals surface area (Å²) >= 11 is 0. The number of nitrogens with zero attached hydrogens (tertiary/aromatic N) is 2. The summed E-state index contributed by atoms with van der Waals surface area (Å²) in [6.45, 7) is 2.28. The van der Waals surface area contributed by atoms with E-state index in [0.717, 1.165) is 37.4 Å². The summed E-state index contributed by atoms with van der Waals surface area (Å²) in [4.78, 5) is 21.6. The number of piperidine rings is 1. The minimum Gasteiger partial charge on any atom is -0.497 e. The molecule has 1 aliphatic heterocycles. The summed E-state index contributed by atoms with van der Waals surface area (Å²) in [5.41, 5.74) is 0.736. The Morgan fingerprint density at radius 1 is 1.29 bits per heavy atom. The first kappa shape index (κ1) is 16.5. The monoisotopic (exact) mass is 329 g/mol. The van der Waals surface area contributed by atoms with Crippen LogP contribution in [0, 0.1) is 0 Å². The lowest BCUT2D eigenvalue weighted by atomic mass is 9.95. The first-order valence-electron chi connectivity index (χ1n) is 8.19. The smallest absolute Gasteiger partial charge is 0.251 e. The number of H-pyrrole nitrogens is 1. The molecule has 0 saturated carbocycles. The van der Waals surface area contributed by atoms with Crippen LogP contribution in [-0.4, -0.2) is 42.1 Å². The molecule has 1 aromatic heterocycles. The second kappa shape index (κ2) is 7.49. The van der Waals surface area contributed by atoms with Crippen LogP contribution in [0.15, 0.2) is 35.1 Å². The third kappa shape index (κ3) is 4.14. The Morgan fingerprint density at radius 2 is 2.04 bits per heavy atom. The molecule has 24 heavy (non-hydrogen) atoms. The number of rotatable bonds is 5. The third-order valence-corrected chi connectivity index (χ3v) is 4.29. The number of benzene rings is 1. The second-order valence-electron chi connectivity index (χ2n) is 6.18. The lowest BCUT2D eigenvalue weighted by molar-refractivity contribution is 0.246. The van der Waals surface area contributed by atoms with Gasteiger partial charge in [0.25, 0.3) is 5.56 Å². The summed E-state index contributed by atoms with van der Waals surface area (Å²) in [5.74, 6) is 2.35. The summed E-state index contributed by atoms with van der Waals surface area (Å²) in [6.07, 6.45) is 2.20. The zero-order valence-corrected chi connectivity index (χ0v) is 14.1. The van der Waals surface area contributed by atoms with Crippen molar-refractivity contribution in [3.8, 4) is 11.5 Å². The van der Waals surface area contributed by atoms with E-state index in [0.29, 0.717) is 17.5 Å². The van der Waals surface area contributed by atoms with Crippen molar-refractivity contribution in [2.24, 2.45) is 0 Å². The molecule has 0 aliphatic carbocycles. The molecule has 1 aliphatic rings. The van der Waals surface area contributed by atoms with Gasteiger partial charge in [0, 0.05) is 18.5 Å². The van der Waals surface area contributed by atoms with Crippen molar-refractivity contribution in [3.63, 3.8) is 0 Å². The van der Waals surface area contributed by atoms with E-state index in [2.05, 4.69) is 21.9 Å². The van der Waals surface area contributed by atoms with Crippen molar-refractivity contribution in [1.29, 1.82) is 0 Å². The van der Waals surface area contributed by atoms with Gasteiger partial charge in [-0.15, -0.1) is 0 Å². The number of methoxy groups -OCH3 is 1. The van der Waals surface area contributed by atoms with Crippen molar-refractivity contribution < 1.29 is 9.47 Å². The topological polar surface area (TPSA) is 67.5 Å². The van der Waals surface area contributed by atoms with Crippen LogP contribution in [0.25, 0.3) is 0 Å². The Morgan fingerprint density at radius 3 is 2.75 bits per heavy atom. The van der Waals surface area contributed by atoms with Crippen LogP contribution < -0.4 is 15.0 Å². The molecule has 2 aromatic rings. The van der Waals surface area contributed by atoms with Crippen molar-refractivity contribution >= 4 is 0 Å². The van der Waals surface area contributed by atoms with Gasteiger partial charge in [-0.3, -0.25) is 4.79 Å². The van der Waals surface area contributed by atoms with Crippen molar-refractivity contribution in [2.75, 3.05) is 27.2 Å². The van der Waals surface area contributed by atoms with E-state index in [-0.39, 0.29) is 12.2 Å². The normalized spacial score (nSPS) is 18.3. The number of aromatic amines is 1. The summed E-state index contributed by atoms with van der Waals surface area (Å²) in [5, 5.41) is 0. The molecule has 1 fully saturated rings.